The molecule has 0 atom stereocenters. The highest BCUT2D eigenvalue weighted by molar-refractivity contribution is 5.93. The summed E-state index contributed by atoms with van der Waals surface area (Å²) in [6.07, 6.45) is -2.72. The summed E-state index contributed by atoms with van der Waals surface area (Å²) in [6, 6.07) is 7.12. The van der Waals surface area contributed by atoms with Gasteiger partial charge < -0.3 is 4.90 Å². The van der Waals surface area contributed by atoms with E-state index in [4.69, 9.17) is 0 Å². The number of fused-ring (bicyclic) bond motifs is 1. The summed E-state index contributed by atoms with van der Waals surface area (Å²) in [5.41, 5.74) is 1.14. The number of hydrogen-bond donors (Lipinski definition) is 0. The highest BCUT2D eigenvalue weighted by atomic mass is 19.4. The lowest BCUT2D eigenvalue weighted by Gasteiger charge is -2.34. The van der Waals surface area contributed by atoms with Crippen LogP contribution in [0.5, 0.6) is 0 Å². The maximum atomic E-state index is 13.9. The van der Waals surface area contributed by atoms with Gasteiger partial charge in [-0.3, -0.25) is 14.4 Å². The summed E-state index contributed by atoms with van der Waals surface area (Å²) in [4.78, 5) is 21.2. The van der Waals surface area contributed by atoms with Gasteiger partial charge in [0.15, 0.2) is 17.0 Å². The first-order chi connectivity index (χ1) is 17.6. The van der Waals surface area contributed by atoms with E-state index in [0.717, 1.165) is 36.0 Å². The second-order valence-corrected chi connectivity index (χ2v) is 8.99. The monoisotopic (exact) mass is 515 g/mol. The molecule has 0 aliphatic carbocycles. The van der Waals surface area contributed by atoms with Crippen molar-refractivity contribution in [2.45, 2.75) is 33.1 Å². The standard InChI is InChI=1S/C25H25F4N7O/c1-3-35-15-18(16(2)31-35)14-33-8-10-34(11-9-33)24(37)21-13-23-30-20(17-4-6-19(26)7-5-17)12-22(25(27,28)29)36(23)32-21/h4-7,12-13,15H,3,8-11,14H2,1-2H3. The van der Waals surface area contributed by atoms with Gasteiger partial charge in [0.2, 0.25) is 0 Å². The van der Waals surface area contributed by atoms with Crippen molar-refractivity contribution >= 4 is 11.6 Å². The molecule has 12 heteroatoms. The SMILES string of the molecule is CCn1cc(CN2CCN(C(=O)c3cc4nc(-c5ccc(F)cc5)cc(C(F)(F)F)n4n3)CC2)c(C)n1. The lowest BCUT2D eigenvalue weighted by Crippen LogP contribution is -2.48. The number of alkyl halides is 3. The third kappa shape index (κ3) is 5.06. The number of carbonyl (C=O) groups excluding carboxylic acids is 1. The first-order valence-electron chi connectivity index (χ1n) is 11.9. The Morgan fingerprint density at radius 1 is 1.03 bits per heavy atom. The summed E-state index contributed by atoms with van der Waals surface area (Å²) in [5.74, 6) is -0.957. The normalized spacial score (nSPS) is 15.0. The number of aromatic nitrogens is 5. The van der Waals surface area contributed by atoms with Gasteiger partial charge in [-0.05, 0) is 44.2 Å². The van der Waals surface area contributed by atoms with Crippen molar-refractivity contribution in [1.29, 1.82) is 0 Å². The molecule has 1 saturated heterocycles. The Kier molecular flexibility index (Phi) is 6.44. The minimum atomic E-state index is -4.74. The number of piperazine rings is 1. The van der Waals surface area contributed by atoms with Gasteiger partial charge in [-0.1, -0.05) is 0 Å². The van der Waals surface area contributed by atoms with Crippen molar-refractivity contribution < 1.29 is 22.4 Å². The Balaban J connectivity index is 1.36. The number of halogens is 4. The van der Waals surface area contributed by atoms with E-state index in [2.05, 4.69) is 20.1 Å². The molecular formula is C25H25F4N7O. The van der Waals surface area contributed by atoms with Crippen LogP contribution < -0.4 is 0 Å². The molecule has 0 radical (unpaired) electrons. The molecule has 4 heterocycles. The van der Waals surface area contributed by atoms with Crippen molar-refractivity contribution in [2.24, 2.45) is 0 Å². The molecule has 0 N–H and O–H groups in total. The van der Waals surface area contributed by atoms with E-state index in [1.54, 1.807) is 4.90 Å². The van der Waals surface area contributed by atoms with Crippen molar-refractivity contribution in [3.05, 3.63) is 71.1 Å². The smallest absolute Gasteiger partial charge is 0.335 e. The third-order valence-electron chi connectivity index (χ3n) is 6.50. The molecule has 194 valence electrons. The molecule has 1 aliphatic heterocycles. The number of rotatable bonds is 5. The zero-order valence-electron chi connectivity index (χ0n) is 20.3. The van der Waals surface area contributed by atoms with Crippen LogP contribution in [-0.2, 0) is 19.3 Å². The molecule has 3 aromatic heterocycles. The first kappa shape index (κ1) is 24.9. The van der Waals surface area contributed by atoms with Crippen LogP contribution in [0.2, 0.25) is 0 Å². The summed E-state index contributed by atoms with van der Waals surface area (Å²) in [6.45, 7) is 7.59. The molecule has 0 unspecified atom stereocenters. The predicted octanol–water partition coefficient (Wildman–Crippen LogP) is 4.04. The fraction of sp³-hybridized carbons (Fsp3) is 0.360. The molecule has 4 aromatic rings. The Labute approximate surface area is 210 Å². The van der Waals surface area contributed by atoms with Crippen molar-refractivity contribution in [1.82, 2.24) is 34.2 Å². The van der Waals surface area contributed by atoms with Gasteiger partial charge in [0, 0.05) is 62.7 Å². The molecule has 1 aliphatic rings. The van der Waals surface area contributed by atoms with E-state index >= 15 is 0 Å². The average Bonchev–Trinajstić information content (AvgIpc) is 3.46. The maximum Gasteiger partial charge on any atom is 0.433 e. The fourth-order valence-corrected chi connectivity index (χ4v) is 4.44. The van der Waals surface area contributed by atoms with E-state index in [-0.39, 0.29) is 17.0 Å². The number of amides is 1. The van der Waals surface area contributed by atoms with Crippen LogP contribution in [-0.4, -0.2) is 66.3 Å². The van der Waals surface area contributed by atoms with Crippen LogP contribution in [0.3, 0.4) is 0 Å². The zero-order chi connectivity index (χ0) is 26.3. The quantitative estimate of drug-likeness (QED) is 0.376. The average molecular weight is 516 g/mol. The van der Waals surface area contributed by atoms with Gasteiger partial charge in [0.25, 0.3) is 5.91 Å². The number of aryl methyl sites for hydroxylation is 2. The first-order valence-corrected chi connectivity index (χ1v) is 11.9. The van der Waals surface area contributed by atoms with Crippen molar-refractivity contribution in [3.63, 3.8) is 0 Å². The molecule has 0 saturated carbocycles. The molecule has 5 rings (SSSR count). The molecule has 1 aromatic carbocycles. The van der Waals surface area contributed by atoms with E-state index in [1.807, 2.05) is 24.7 Å². The molecule has 1 amide bonds. The Hall–Kier alpha value is -3.80. The molecule has 0 bridgehead atoms. The van der Waals surface area contributed by atoms with Gasteiger partial charge >= 0.3 is 6.18 Å². The van der Waals surface area contributed by atoms with Crippen LogP contribution in [0.15, 0.2) is 42.6 Å². The van der Waals surface area contributed by atoms with Gasteiger partial charge in [-0.15, -0.1) is 0 Å². The number of nitrogens with zero attached hydrogens (tertiary/aromatic N) is 7. The molecule has 8 nitrogen and oxygen atoms in total. The van der Waals surface area contributed by atoms with Gasteiger partial charge in [-0.2, -0.15) is 23.4 Å². The molecule has 37 heavy (non-hydrogen) atoms. The second-order valence-electron chi connectivity index (χ2n) is 8.99. The van der Waals surface area contributed by atoms with Crippen LogP contribution in [0.1, 0.15) is 34.4 Å². The van der Waals surface area contributed by atoms with E-state index in [0.29, 0.717) is 42.8 Å². The highest BCUT2D eigenvalue weighted by Crippen LogP contribution is 2.32. The topological polar surface area (TPSA) is 71.6 Å². The lowest BCUT2D eigenvalue weighted by molar-refractivity contribution is -0.142. The maximum absolute atomic E-state index is 13.9. The summed E-state index contributed by atoms with van der Waals surface area (Å²) >= 11 is 0. The van der Waals surface area contributed by atoms with Crippen molar-refractivity contribution in [3.8, 4) is 11.3 Å². The summed E-state index contributed by atoms with van der Waals surface area (Å²) < 4.78 is 57.4. The predicted molar refractivity (Wildman–Crippen MR) is 127 cm³/mol. The van der Waals surface area contributed by atoms with Gasteiger partial charge in [0.1, 0.15) is 5.82 Å². The minimum Gasteiger partial charge on any atom is -0.335 e. The minimum absolute atomic E-state index is 0.00836. The van der Waals surface area contributed by atoms with Gasteiger partial charge in [-0.25, -0.2) is 13.9 Å². The highest BCUT2D eigenvalue weighted by Gasteiger charge is 2.36. The third-order valence-corrected chi connectivity index (χ3v) is 6.50. The zero-order valence-corrected chi connectivity index (χ0v) is 20.3. The number of carbonyl (C=O) groups is 1. The Bertz CT molecular complexity index is 1430. The molecule has 0 spiro atoms. The fourth-order valence-electron chi connectivity index (χ4n) is 4.44. The van der Waals surface area contributed by atoms with Crippen LogP contribution in [0.25, 0.3) is 16.9 Å². The Morgan fingerprint density at radius 3 is 2.35 bits per heavy atom. The number of hydrogen-bond acceptors (Lipinski definition) is 5. The van der Waals surface area contributed by atoms with Gasteiger partial charge in [0.05, 0.1) is 11.4 Å². The second kappa shape index (κ2) is 9.58. The van der Waals surface area contributed by atoms with Crippen LogP contribution in [0, 0.1) is 12.7 Å². The molecular weight excluding hydrogens is 490 g/mol. The van der Waals surface area contributed by atoms with E-state index in [1.165, 1.54) is 18.2 Å². The molecule has 1 fully saturated rings. The van der Waals surface area contributed by atoms with Crippen molar-refractivity contribution in [2.75, 3.05) is 26.2 Å². The van der Waals surface area contributed by atoms with E-state index in [9.17, 15) is 22.4 Å². The lowest BCUT2D eigenvalue weighted by atomic mass is 10.1. The Morgan fingerprint density at radius 2 is 1.73 bits per heavy atom. The van der Waals surface area contributed by atoms with Crippen LogP contribution in [0.4, 0.5) is 17.6 Å². The van der Waals surface area contributed by atoms with E-state index < -0.39 is 23.6 Å². The summed E-state index contributed by atoms with van der Waals surface area (Å²) in [5, 5.41) is 8.44. The number of benzene rings is 1. The largest absolute Gasteiger partial charge is 0.433 e. The van der Waals surface area contributed by atoms with Crippen LogP contribution >= 0.6 is 0 Å². The summed E-state index contributed by atoms with van der Waals surface area (Å²) in [7, 11) is 0.